The lowest BCUT2D eigenvalue weighted by Gasteiger charge is -2.06. The maximum absolute atomic E-state index is 12.8. The lowest BCUT2D eigenvalue weighted by atomic mass is 10.2. The van der Waals surface area contributed by atoms with Crippen LogP contribution >= 0.6 is 0 Å². The number of anilines is 1. The summed E-state index contributed by atoms with van der Waals surface area (Å²) in [5, 5.41) is 10.4. The molecular formula is C13H17FN4. The van der Waals surface area contributed by atoms with Crippen LogP contribution in [0.2, 0.25) is 0 Å². The number of aromatic amines is 1. The summed E-state index contributed by atoms with van der Waals surface area (Å²) in [5.74, 6) is 1.03. The predicted molar refractivity (Wildman–Crippen MR) is 69.8 cm³/mol. The van der Waals surface area contributed by atoms with Gasteiger partial charge in [0.25, 0.3) is 0 Å². The van der Waals surface area contributed by atoms with Crippen molar-refractivity contribution in [3.05, 3.63) is 29.7 Å². The van der Waals surface area contributed by atoms with Crippen LogP contribution in [0.3, 0.4) is 0 Å². The fraction of sp³-hybridized carbons (Fsp3) is 0.385. The van der Waals surface area contributed by atoms with Gasteiger partial charge in [-0.1, -0.05) is 13.8 Å². The second kappa shape index (κ2) is 5.16. The van der Waals surface area contributed by atoms with Crippen LogP contribution < -0.4 is 5.32 Å². The molecule has 0 aromatic carbocycles. The zero-order valence-corrected chi connectivity index (χ0v) is 10.8. The van der Waals surface area contributed by atoms with Gasteiger partial charge in [0, 0.05) is 12.1 Å². The highest BCUT2D eigenvalue weighted by Gasteiger charge is 2.11. The molecule has 0 saturated carbocycles. The first-order chi connectivity index (χ1) is 8.58. The summed E-state index contributed by atoms with van der Waals surface area (Å²) < 4.78 is 12.8. The Morgan fingerprint density at radius 1 is 1.39 bits per heavy atom. The van der Waals surface area contributed by atoms with Crippen molar-refractivity contribution in [3.8, 4) is 11.4 Å². The number of nitrogens with zero attached hydrogens (tertiary/aromatic N) is 2. The molecule has 0 aliphatic carbocycles. The van der Waals surface area contributed by atoms with E-state index in [4.69, 9.17) is 0 Å². The quantitative estimate of drug-likeness (QED) is 0.874. The fourth-order valence-corrected chi connectivity index (χ4v) is 1.64. The smallest absolute Gasteiger partial charge is 0.151 e. The molecule has 0 aliphatic heterocycles. The molecule has 4 nitrogen and oxygen atoms in total. The number of rotatable bonds is 4. The van der Waals surface area contributed by atoms with E-state index in [1.54, 1.807) is 6.07 Å². The molecule has 2 aromatic heterocycles. The molecule has 96 valence electrons. The highest BCUT2D eigenvalue weighted by molar-refractivity contribution is 5.65. The Morgan fingerprint density at radius 3 is 2.78 bits per heavy atom. The molecule has 0 radical (unpaired) electrons. The van der Waals surface area contributed by atoms with Gasteiger partial charge >= 0.3 is 0 Å². The molecule has 0 bridgehead atoms. The first-order valence-corrected chi connectivity index (χ1v) is 5.98. The maximum atomic E-state index is 12.8. The summed E-state index contributed by atoms with van der Waals surface area (Å²) in [4.78, 5) is 4.04. The zero-order chi connectivity index (χ0) is 13.1. The van der Waals surface area contributed by atoms with Gasteiger partial charge in [0.05, 0.1) is 17.6 Å². The monoisotopic (exact) mass is 248 g/mol. The third-order valence-electron chi connectivity index (χ3n) is 2.67. The highest BCUT2D eigenvalue weighted by Crippen LogP contribution is 2.24. The van der Waals surface area contributed by atoms with Gasteiger partial charge in [0.1, 0.15) is 5.82 Å². The largest absolute Gasteiger partial charge is 0.368 e. The van der Waals surface area contributed by atoms with Crippen molar-refractivity contribution in [3.63, 3.8) is 0 Å². The summed E-state index contributed by atoms with van der Waals surface area (Å²) in [6.45, 7) is 7.10. The number of pyridine rings is 1. The van der Waals surface area contributed by atoms with Crippen molar-refractivity contribution < 1.29 is 4.39 Å². The van der Waals surface area contributed by atoms with E-state index >= 15 is 0 Å². The minimum absolute atomic E-state index is 0.339. The standard InChI is InChI=1S/C13H17FN4/c1-8(2)6-16-13-9(3)12(17-18-13)11-5-4-10(14)7-15-11/h4-5,7-8H,6H2,1-3H3,(H2,16,17,18). The molecule has 0 fully saturated rings. The first kappa shape index (κ1) is 12.5. The Morgan fingerprint density at radius 2 is 2.17 bits per heavy atom. The van der Waals surface area contributed by atoms with Gasteiger partial charge in [0.15, 0.2) is 5.82 Å². The van der Waals surface area contributed by atoms with Crippen LogP contribution in [0, 0.1) is 18.7 Å². The van der Waals surface area contributed by atoms with Gasteiger partial charge in [-0.2, -0.15) is 5.10 Å². The Bertz CT molecular complexity index is 516. The molecule has 5 heteroatoms. The molecule has 0 saturated heterocycles. The van der Waals surface area contributed by atoms with Crippen molar-refractivity contribution in [2.24, 2.45) is 5.92 Å². The Hall–Kier alpha value is -1.91. The summed E-state index contributed by atoms with van der Waals surface area (Å²) in [6, 6.07) is 3.03. The van der Waals surface area contributed by atoms with E-state index < -0.39 is 0 Å². The molecule has 2 rings (SSSR count). The van der Waals surface area contributed by atoms with Gasteiger partial charge < -0.3 is 5.32 Å². The van der Waals surface area contributed by atoms with Crippen LogP contribution in [0.15, 0.2) is 18.3 Å². The van der Waals surface area contributed by atoms with Crippen molar-refractivity contribution in [1.82, 2.24) is 15.2 Å². The van der Waals surface area contributed by atoms with Gasteiger partial charge in [-0.15, -0.1) is 0 Å². The zero-order valence-electron chi connectivity index (χ0n) is 10.8. The van der Waals surface area contributed by atoms with Crippen molar-refractivity contribution in [1.29, 1.82) is 0 Å². The van der Waals surface area contributed by atoms with Gasteiger partial charge in [0.2, 0.25) is 0 Å². The molecule has 0 unspecified atom stereocenters. The van der Waals surface area contributed by atoms with E-state index in [2.05, 4.69) is 34.3 Å². The van der Waals surface area contributed by atoms with Crippen LogP contribution in [0.4, 0.5) is 10.2 Å². The molecule has 2 heterocycles. The minimum atomic E-state index is -0.339. The van der Waals surface area contributed by atoms with E-state index in [0.29, 0.717) is 11.6 Å². The second-order valence-electron chi connectivity index (χ2n) is 4.71. The minimum Gasteiger partial charge on any atom is -0.368 e. The molecule has 0 amide bonds. The molecule has 2 aromatic rings. The van der Waals surface area contributed by atoms with Crippen LogP contribution in [0.5, 0.6) is 0 Å². The van der Waals surface area contributed by atoms with Crippen molar-refractivity contribution >= 4 is 5.82 Å². The third kappa shape index (κ3) is 2.67. The molecule has 2 N–H and O–H groups in total. The summed E-state index contributed by atoms with van der Waals surface area (Å²) >= 11 is 0. The van der Waals surface area contributed by atoms with Gasteiger partial charge in [-0.25, -0.2) is 4.39 Å². The molecule has 0 spiro atoms. The van der Waals surface area contributed by atoms with Gasteiger partial charge in [-0.3, -0.25) is 10.1 Å². The van der Waals surface area contributed by atoms with E-state index in [9.17, 15) is 4.39 Å². The van der Waals surface area contributed by atoms with Crippen LogP contribution in [-0.4, -0.2) is 21.7 Å². The van der Waals surface area contributed by atoms with E-state index in [1.807, 2.05) is 6.92 Å². The SMILES string of the molecule is Cc1c(NCC(C)C)n[nH]c1-c1ccc(F)cn1. The lowest BCUT2D eigenvalue weighted by Crippen LogP contribution is -2.08. The van der Waals surface area contributed by atoms with Crippen LogP contribution in [0.1, 0.15) is 19.4 Å². The van der Waals surface area contributed by atoms with Crippen molar-refractivity contribution in [2.45, 2.75) is 20.8 Å². The lowest BCUT2D eigenvalue weighted by molar-refractivity contribution is 0.622. The number of hydrogen-bond acceptors (Lipinski definition) is 3. The number of hydrogen-bond donors (Lipinski definition) is 2. The molecule has 18 heavy (non-hydrogen) atoms. The summed E-state index contributed by atoms with van der Waals surface area (Å²) in [5.41, 5.74) is 2.51. The Kier molecular flexibility index (Phi) is 3.60. The summed E-state index contributed by atoms with van der Waals surface area (Å²) in [7, 11) is 0. The first-order valence-electron chi connectivity index (χ1n) is 5.98. The normalized spacial score (nSPS) is 10.9. The van der Waals surface area contributed by atoms with E-state index in [0.717, 1.165) is 23.6 Å². The van der Waals surface area contributed by atoms with Crippen LogP contribution in [0.25, 0.3) is 11.4 Å². The van der Waals surface area contributed by atoms with E-state index in [1.165, 1.54) is 12.3 Å². The average molecular weight is 248 g/mol. The molecular weight excluding hydrogens is 231 g/mol. The second-order valence-corrected chi connectivity index (χ2v) is 4.71. The number of halogens is 1. The maximum Gasteiger partial charge on any atom is 0.151 e. The summed E-state index contributed by atoms with van der Waals surface area (Å²) in [6.07, 6.45) is 1.21. The topological polar surface area (TPSA) is 53.6 Å². The number of nitrogens with one attached hydrogen (secondary N) is 2. The van der Waals surface area contributed by atoms with Crippen molar-refractivity contribution in [2.75, 3.05) is 11.9 Å². The highest BCUT2D eigenvalue weighted by atomic mass is 19.1. The third-order valence-corrected chi connectivity index (χ3v) is 2.67. The van der Waals surface area contributed by atoms with Gasteiger partial charge in [-0.05, 0) is 25.0 Å². The fourth-order valence-electron chi connectivity index (χ4n) is 1.64. The number of H-pyrrole nitrogens is 1. The Labute approximate surface area is 106 Å². The van der Waals surface area contributed by atoms with E-state index in [-0.39, 0.29) is 5.82 Å². The molecule has 0 atom stereocenters. The molecule has 0 aliphatic rings. The Balaban J connectivity index is 2.22. The predicted octanol–water partition coefficient (Wildman–Crippen LogP) is 2.99. The average Bonchev–Trinajstić information content (AvgIpc) is 2.69. The van der Waals surface area contributed by atoms with Crippen LogP contribution in [-0.2, 0) is 0 Å². The number of aromatic nitrogens is 3.